The zero-order chi connectivity index (χ0) is 20.0. The van der Waals surface area contributed by atoms with Gasteiger partial charge in [-0.1, -0.05) is 30.3 Å². The van der Waals surface area contributed by atoms with Crippen molar-refractivity contribution in [3.8, 4) is 5.75 Å². The molecule has 1 atom stereocenters. The molecule has 148 valence electrons. The fourth-order valence-corrected chi connectivity index (χ4v) is 4.30. The maximum absolute atomic E-state index is 13.3. The molecule has 0 saturated carbocycles. The van der Waals surface area contributed by atoms with E-state index in [1.807, 2.05) is 49.2 Å². The molecule has 1 aromatic heterocycles. The number of carbonyl (C=O) groups is 1. The smallest absolute Gasteiger partial charge is 0.278 e. The van der Waals surface area contributed by atoms with E-state index in [1.54, 1.807) is 16.7 Å². The highest BCUT2D eigenvalue weighted by molar-refractivity contribution is 9.10. The zero-order valence-electron chi connectivity index (χ0n) is 16.0. The lowest BCUT2D eigenvalue weighted by atomic mass is 10.2. The van der Waals surface area contributed by atoms with Crippen molar-refractivity contribution in [2.75, 3.05) is 25.3 Å². The molecule has 0 aliphatic carbocycles. The average Bonchev–Trinajstić information content (AvgIpc) is 3.06. The molecule has 2 aliphatic heterocycles. The van der Waals surface area contributed by atoms with E-state index in [0.29, 0.717) is 23.4 Å². The van der Waals surface area contributed by atoms with Gasteiger partial charge in [-0.3, -0.25) is 14.6 Å². The third-order valence-electron chi connectivity index (χ3n) is 5.16. The summed E-state index contributed by atoms with van der Waals surface area (Å²) in [7, 11) is 1.61. The second-order valence-corrected chi connectivity index (χ2v) is 8.01. The largest absolute Gasteiger partial charge is 0.482 e. The molecular formula is C20H22BrN3O4. The number of halogens is 1. The Morgan fingerprint density at radius 2 is 1.93 bits per heavy atom. The van der Waals surface area contributed by atoms with Gasteiger partial charge < -0.3 is 14.4 Å². The van der Waals surface area contributed by atoms with Gasteiger partial charge in [0.05, 0.1) is 16.7 Å². The molecular weight excluding hydrogens is 426 g/mol. The van der Waals surface area contributed by atoms with Crippen molar-refractivity contribution in [2.24, 2.45) is 0 Å². The predicted octanol–water partition coefficient (Wildman–Crippen LogP) is 2.65. The third kappa shape index (κ3) is 2.91. The number of benzene rings is 1. The SMILES string of the molecule is COC1CN2CN(C(C)C)C(=O)c3c(OCc4ccccc4)c(=O)c(Br)c1n32. The van der Waals surface area contributed by atoms with Gasteiger partial charge in [-0.15, -0.1) is 0 Å². The van der Waals surface area contributed by atoms with E-state index < -0.39 is 0 Å². The van der Waals surface area contributed by atoms with Gasteiger partial charge in [0.2, 0.25) is 5.43 Å². The van der Waals surface area contributed by atoms with Crippen LogP contribution < -0.4 is 15.2 Å². The molecule has 0 radical (unpaired) electrons. The number of pyridine rings is 1. The Balaban J connectivity index is 1.86. The first-order chi connectivity index (χ1) is 13.4. The topological polar surface area (TPSA) is 64.0 Å². The summed E-state index contributed by atoms with van der Waals surface area (Å²) in [5.74, 6) is -0.145. The van der Waals surface area contributed by atoms with E-state index in [9.17, 15) is 9.59 Å². The van der Waals surface area contributed by atoms with Crippen LogP contribution in [0.4, 0.5) is 0 Å². The fourth-order valence-electron chi connectivity index (χ4n) is 3.70. The standard InChI is InChI=1S/C20H22BrN3O4/c1-12(2)23-11-22-9-14(27-3)16-15(21)18(25)19(17(20(23)26)24(16)22)28-10-13-7-5-4-6-8-13/h4-8,12,14H,9-11H2,1-3H3. The highest BCUT2D eigenvalue weighted by Gasteiger charge is 2.43. The molecule has 28 heavy (non-hydrogen) atoms. The summed E-state index contributed by atoms with van der Waals surface area (Å²) in [6.45, 7) is 5.11. The van der Waals surface area contributed by atoms with Crippen molar-refractivity contribution in [3.63, 3.8) is 0 Å². The molecule has 0 bridgehead atoms. The first kappa shape index (κ1) is 19.0. The van der Waals surface area contributed by atoms with Crippen LogP contribution in [0.25, 0.3) is 0 Å². The second kappa shape index (κ2) is 7.25. The second-order valence-electron chi connectivity index (χ2n) is 7.22. The van der Waals surface area contributed by atoms with Crippen molar-refractivity contribution in [1.82, 2.24) is 9.58 Å². The number of methoxy groups -OCH3 is 1. The van der Waals surface area contributed by atoms with Gasteiger partial charge in [0.25, 0.3) is 5.91 Å². The molecule has 0 spiro atoms. The minimum absolute atomic E-state index is 0.00739. The van der Waals surface area contributed by atoms with Gasteiger partial charge in [-0.05, 0) is 35.3 Å². The van der Waals surface area contributed by atoms with Gasteiger partial charge in [0, 0.05) is 13.2 Å². The molecule has 2 aromatic rings. The molecule has 1 amide bonds. The van der Waals surface area contributed by atoms with Crippen LogP contribution in [0.3, 0.4) is 0 Å². The number of carbonyl (C=O) groups excluding carboxylic acids is 1. The Bertz CT molecular complexity index is 974. The van der Waals surface area contributed by atoms with E-state index in [0.717, 1.165) is 5.56 Å². The summed E-state index contributed by atoms with van der Waals surface area (Å²) >= 11 is 3.42. The fraction of sp³-hybridized carbons (Fsp3) is 0.400. The Kier molecular flexibility index (Phi) is 4.93. The van der Waals surface area contributed by atoms with Gasteiger partial charge in [-0.2, -0.15) is 0 Å². The van der Waals surface area contributed by atoms with Gasteiger partial charge in [-0.25, -0.2) is 4.68 Å². The summed E-state index contributed by atoms with van der Waals surface area (Å²) in [5, 5.41) is 2.01. The first-order valence-electron chi connectivity index (χ1n) is 9.18. The number of rotatable bonds is 5. The van der Waals surface area contributed by atoms with E-state index in [2.05, 4.69) is 15.9 Å². The van der Waals surface area contributed by atoms with E-state index in [-0.39, 0.29) is 41.5 Å². The molecule has 2 aliphatic rings. The average molecular weight is 448 g/mol. The molecule has 4 rings (SSSR count). The van der Waals surface area contributed by atoms with E-state index in [1.165, 1.54) is 0 Å². The van der Waals surface area contributed by atoms with Crippen LogP contribution in [-0.2, 0) is 11.3 Å². The summed E-state index contributed by atoms with van der Waals surface area (Å²) in [6.07, 6.45) is -0.302. The molecule has 0 fully saturated rings. The van der Waals surface area contributed by atoms with E-state index in [4.69, 9.17) is 9.47 Å². The van der Waals surface area contributed by atoms with Crippen LogP contribution in [0, 0.1) is 0 Å². The number of ether oxygens (including phenoxy) is 2. The quantitative estimate of drug-likeness (QED) is 0.704. The third-order valence-corrected chi connectivity index (χ3v) is 5.93. The van der Waals surface area contributed by atoms with Crippen molar-refractivity contribution in [2.45, 2.75) is 32.6 Å². The maximum Gasteiger partial charge on any atom is 0.278 e. The Labute approximate surface area is 171 Å². The summed E-state index contributed by atoms with van der Waals surface area (Å²) < 4.78 is 13.7. The molecule has 1 aromatic carbocycles. The number of aromatic nitrogens is 1. The van der Waals surface area contributed by atoms with Gasteiger partial charge in [0.1, 0.15) is 19.4 Å². The van der Waals surface area contributed by atoms with Crippen LogP contribution in [0.1, 0.15) is 41.7 Å². The summed E-state index contributed by atoms with van der Waals surface area (Å²) in [5.41, 5.74) is 1.51. The summed E-state index contributed by atoms with van der Waals surface area (Å²) in [4.78, 5) is 28.1. The number of hydrogen-bond donors (Lipinski definition) is 0. The highest BCUT2D eigenvalue weighted by Crippen LogP contribution is 2.37. The lowest BCUT2D eigenvalue weighted by molar-refractivity contribution is 0.0628. The lowest BCUT2D eigenvalue weighted by Crippen LogP contribution is -2.55. The molecule has 1 unspecified atom stereocenters. The minimum Gasteiger partial charge on any atom is -0.482 e. The Morgan fingerprint density at radius 3 is 2.57 bits per heavy atom. The zero-order valence-corrected chi connectivity index (χ0v) is 17.6. The maximum atomic E-state index is 13.3. The molecule has 8 heteroatoms. The minimum atomic E-state index is -0.333. The molecule has 0 N–H and O–H groups in total. The van der Waals surface area contributed by atoms with Gasteiger partial charge in [0.15, 0.2) is 11.4 Å². The monoisotopic (exact) mass is 447 g/mol. The van der Waals surface area contributed by atoms with Crippen molar-refractivity contribution in [3.05, 3.63) is 62.0 Å². The van der Waals surface area contributed by atoms with Crippen LogP contribution in [0.5, 0.6) is 5.75 Å². The Hall–Kier alpha value is -2.32. The van der Waals surface area contributed by atoms with Crippen LogP contribution in [-0.4, -0.2) is 41.8 Å². The van der Waals surface area contributed by atoms with Crippen molar-refractivity contribution in [1.29, 1.82) is 0 Å². The first-order valence-corrected chi connectivity index (χ1v) is 9.97. The lowest BCUT2D eigenvalue weighted by Gasteiger charge is -2.39. The van der Waals surface area contributed by atoms with Crippen molar-refractivity contribution < 1.29 is 14.3 Å². The summed E-state index contributed by atoms with van der Waals surface area (Å²) in [6, 6.07) is 9.56. The molecule has 0 saturated heterocycles. The van der Waals surface area contributed by atoms with Crippen LogP contribution in [0.2, 0.25) is 0 Å². The number of hydrogen-bond acceptors (Lipinski definition) is 5. The Morgan fingerprint density at radius 1 is 1.21 bits per heavy atom. The predicted molar refractivity (Wildman–Crippen MR) is 108 cm³/mol. The number of amides is 1. The molecule has 7 nitrogen and oxygen atoms in total. The van der Waals surface area contributed by atoms with Crippen LogP contribution >= 0.6 is 15.9 Å². The number of nitrogens with zero attached hydrogens (tertiary/aromatic N) is 3. The van der Waals surface area contributed by atoms with Gasteiger partial charge >= 0.3 is 0 Å². The van der Waals surface area contributed by atoms with Crippen LogP contribution in [0.15, 0.2) is 39.6 Å². The normalized spacial score (nSPS) is 18.0. The molecule has 3 heterocycles. The van der Waals surface area contributed by atoms with E-state index >= 15 is 0 Å². The van der Waals surface area contributed by atoms with Crippen molar-refractivity contribution >= 4 is 21.8 Å². The highest BCUT2D eigenvalue weighted by atomic mass is 79.9.